The van der Waals surface area contributed by atoms with E-state index in [2.05, 4.69) is 31.4 Å². The highest BCUT2D eigenvalue weighted by molar-refractivity contribution is 7.46. The fourth-order valence-corrected chi connectivity index (χ4v) is 5.55. The van der Waals surface area contributed by atoms with Crippen LogP contribution in [0.15, 0.2) is 12.2 Å². The molecule has 278 valence electrons. The van der Waals surface area contributed by atoms with Crippen LogP contribution in [0.3, 0.4) is 0 Å². The van der Waals surface area contributed by atoms with Crippen molar-refractivity contribution in [3.05, 3.63) is 12.2 Å². The van der Waals surface area contributed by atoms with Crippen molar-refractivity contribution in [1.82, 2.24) is 0 Å². The van der Waals surface area contributed by atoms with Gasteiger partial charge >= 0.3 is 19.8 Å². The second kappa shape index (κ2) is 30.7. The molecule has 0 aromatic carbocycles. The van der Waals surface area contributed by atoms with Crippen LogP contribution in [0.5, 0.6) is 0 Å². The number of carbonyl (C=O) groups excluding carboxylic acids is 2. The number of ether oxygens (including phenoxy) is 2. The molecule has 11 heteroatoms. The summed E-state index contributed by atoms with van der Waals surface area (Å²) in [5.41, 5.74) is 0. The molecule has 0 aromatic rings. The number of phosphoric acid groups is 1. The first kappa shape index (κ1) is 45.7. The summed E-state index contributed by atoms with van der Waals surface area (Å²) in [5, 5.41) is 20.3. The van der Waals surface area contributed by atoms with E-state index in [1.165, 1.54) is 51.4 Å². The van der Waals surface area contributed by atoms with Crippen molar-refractivity contribution in [2.75, 3.05) is 13.2 Å². The van der Waals surface area contributed by atoms with Crippen molar-refractivity contribution < 1.29 is 48.2 Å². The fraction of sp³-hybridized carbons (Fsp3) is 0.889. The lowest BCUT2D eigenvalue weighted by atomic mass is 9.99. The van der Waals surface area contributed by atoms with Gasteiger partial charge in [-0.15, -0.1) is 0 Å². The Morgan fingerprint density at radius 2 is 1.23 bits per heavy atom. The summed E-state index contributed by atoms with van der Waals surface area (Å²) < 4.78 is 26.2. The van der Waals surface area contributed by atoms with Crippen LogP contribution in [0.2, 0.25) is 0 Å². The maximum absolute atomic E-state index is 12.4. The average Bonchev–Trinajstić information content (AvgIpc) is 3.03. The number of hydrogen-bond donors (Lipinski definition) is 4. The van der Waals surface area contributed by atoms with E-state index in [1.807, 2.05) is 6.08 Å². The Kier molecular flexibility index (Phi) is 29.9. The monoisotopic (exact) mass is 692 g/mol. The first-order valence-corrected chi connectivity index (χ1v) is 20.1. The molecule has 0 spiro atoms. The SMILES string of the molecule is CCCCC/C=C\C[C@H](O)[C@@H](O)CCCCCCCC(=O)O[C@H](COC(=O)CCCCCCCCCCC(C)CC)COP(=O)(O)O. The van der Waals surface area contributed by atoms with Gasteiger partial charge in [0.15, 0.2) is 6.10 Å². The van der Waals surface area contributed by atoms with Crippen LogP contribution < -0.4 is 0 Å². The summed E-state index contributed by atoms with van der Waals surface area (Å²) >= 11 is 0. The van der Waals surface area contributed by atoms with E-state index in [4.69, 9.17) is 19.3 Å². The number of allylic oxidation sites excluding steroid dienone is 1. The predicted octanol–water partition coefficient (Wildman–Crippen LogP) is 8.48. The van der Waals surface area contributed by atoms with Crippen LogP contribution in [0.4, 0.5) is 0 Å². The van der Waals surface area contributed by atoms with Crippen LogP contribution in [0.25, 0.3) is 0 Å². The van der Waals surface area contributed by atoms with Crippen LogP contribution in [0, 0.1) is 5.92 Å². The van der Waals surface area contributed by atoms with Crippen molar-refractivity contribution >= 4 is 19.8 Å². The molecule has 0 aliphatic carbocycles. The second-order valence-electron chi connectivity index (χ2n) is 13.1. The summed E-state index contributed by atoms with van der Waals surface area (Å²) in [5.74, 6) is -0.181. The second-order valence-corrected chi connectivity index (χ2v) is 14.3. The molecular formula is C36H69O10P. The third kappa shape index (κ3) is 31.7. The van der Waals surface area contributed by atoms with E-state index >= 15 is 0 Å². The predicted molar refractivity (Wildman–Crippen MR) is 187 cm³/mol. The molecule has 0 heterocycles. The Balaban J connectivity index is 4.12. The largest absolute Gasteiger partial charge is 0.469 e. The highest BCUT2D eigenvalue weighted by atomic mass is 31.2. The molecule has 0 saturated heterocycles. The van der Waals surface area contributed by atoms with Gasteiger partial charge in [0, 0.05) is 12.8 Å². The first-order valence-electron chi connectivity index (χ1n) is 18.5. The molecule has 0 aliphatic heterocycles. The normalized spacial score (nSPS) is 14.6. The van der Waals surface area contributed by atoms with Gasteiger partial charge in [-0.3, -0.25) is 14.1 Å². The molecule has 0 radical (unpaired) electrons. The Bertz CT molecular complexity index is 831. The zero-order valence-corrected chi connectivity index (χ0v) is 30.7. The van der Waals surface area contributed by atoms with Gasteiger partial charge in [-0.05, 0) is 44.4 Å². The fourth-order valence-electron chi connectivity index (χ4n) is 5.19. The molecule has 0 bridgehead atoms. The standard InChI is InChI=1S/C36H69O10P/c1-4-6-7-8-15-20-25-33(37)34(38)26-21-16-13-18-23-28-36(40)46-32(30-45-47(41,42)43)29-44-35(39)27-22-17-12-10-9-11-14-19-24-31(3)5-2/h15,20,31-34,37-38H,4-14,16-19,21-30H2,1-3H3,(H2,41,42,43)/b20-15-/t31?,32-,33+,34+/m1/s1. The molecule has 10 nitrogen and oxygen atoms in total. The highest BCUT2D eigenvalue weighted by Gasteiger charge is 2.23. The molecule has 4 atom stereocenters. The van der Waals surface area contributed by atoms with E-state index in [-0.39, 0.29) is 19.4 Å². The zero-order chi connectivity index (χ0) is 35.2. The Morgan fingerprint density at radius 3 is 1.81 bits per heavy atom. The van der Waals surface area contributed by atoms with Gasteiger partial charge in [-0.2, -0.15) is 0 Å². The summed E-state index contributed by atoms with van der Waals surface area (Å²) in [4.78, 5) is 42.7. The first-order chi connectivity index (χ1) is 22.5. The molecule has 0 fully saturated rings. The number of phosphoric ester groups is 1. The summed E-state index contributed by atoms with van der Waals surface area (Å²) in [6.07, 6.45) is 22.5. The lowest BCUT2D eigenvalue weighted by Crippen LogP contribution is -2.29. The topological polar surface area (TPSA) is 160 Å². The molecule has 4 N–H and O–H groups in total. The maximum atomic E-state index is 12.4. The molecule has 0 aliphatic rings. The maximum Gasteiger partial charge on any atom is 0.469 e. The number of carbonyl (C=O) groups is 2. The zero-order valence-electron chi connectivity index (χ0n) is 29.8. The van der Waals surface area contributed by atoms with E-state index in [0.29, 0.717) is 25.7 Å². The number of esters is 2. The molecule has 1 unspecified atom stereocenters. The van der Waals surface area contributed by atoms with Crippen molar-refractivity contribution in [3.8, 4) is 0 Å². The van der Waals surface area contributed by atoms with Gasteiger partial charge in [0.05, 0.1) is 18.8 Å². The highest BCUT2D eigenvalue weighted by Crippen LogP contribution is 2.36. The van der Waals surface area contributed by atoms with Crippen molar-refractivity contribution in [2.45, 2.75) is 187 Å². The van der Waals surface area contributed by atoms with Gasteiger partial charge < -0.3 is 29.5 Å². The van der Waals surface area contributed by atoms with Crippen molar-refractivity contribution in [3.63, 3.8) is 0 Å². The van der Waals surface area contributed by atoms with Crippen LogP contribution >= 0.6 is 7.82 Å². The third-order valence-electron chi connectivity index (χ3n) is 8.53. The summed E-state index contributed by atoms with van der Waals surface area (Å²) in [6, 6.07) is 0. The van der Waals surface area contributed by atoms with E-state index in [9.17, 15) is 24.4 Å². The molecular weight excluding hydrogens is 623 g/mol. The molecule has 0 aromatic heterocycles. The number of hydrogen-bond acceptors (Lipinski definition) is 8. The number of aliphatic hydroxyl groups excluding tert-OH is 2. The Labute approximate surface area is 285 Å². The van der Waals surface area contributed by atoms with Gasteiger partial charge in [0.25, 0.3) is 0 Å². The minimum absolute atomic E-state index is 0.115. The van der Waals surface area contributed by atoms with Crippen molar-refractivity contribution in [1.29, 1.82) is 0 Å². The van der Waals surface area contributed by atoms with Gasteiger partial charge in [0.2, 0.25) is 0 Å². The van der Waals surface area contributed by atoms with E-state index in [0.717, 1.165) is 63.7 Å². The lowest BCUT2D eigenvalue weighted by molar-refractivity contribution is -0.161. The quantitative estimate of drug-likeness (QED) is 0.0227. The Morgan fingerprint density at radius 1 is 0.681 bits per heavy atom. The molecule has 0 saturated carbocycles. The number of rotatable bonds is 33. The minimum Gasteiger partial charge on any atom is -0.462 e. The molecule has 0 rings (SSSR count). The molecule has 0 amide bonds. The third-order valence-corrected chi connectivity index (χ3v) is 9.01. The number of aliphatic hydroxyl groups is 2. The van der Waals surface area contributed by atoms with Crippen LogP contribution in [-0.4, -0.2) is 63.5 Å². The lowest BCUT2D eigenvalue weighted by Gasteiger charge is -2.18. The summed E-state index contributed by atoms with van der Waals surface area (Å²) in [7, 11) is -4.78. The van der Waals surface area contributed by atoms with E-state index < -0.39 is 44.7 Å². The van der Waals surface area contributed by atoms with Crippen LogP contribution in [-0.2, 0) is 28.2 Å². The van der Waals surface area contributed by atoms with Gasteiger partial charge in [0.1, 0.15) is 6.61 Å². The van der Waals surface area contributed by atoms with Gasteiger partial charge in [-0.1, -0.05) is 129 Å². The van der Waals surface area contributed by atoms with Crippen molar-refractivity contribution in [2.24, 2.45) is 5.92 Å². The average molecular weight is 693 g/mol. The smallest absolute Gasteiger partial charge is 0.462 e. The Hall–Kier alpha value is -1.29. The van der Waals surface area contributed by atoms with Crippen LogP contribution in [0.1, 0.15) is 168 Å². The minimum atomic E-state index is -4.78. The summed E-state index contributed by atoms with van der Waals surface area (Å²) in [6.45, 7) is 5.79. The van der Waals surface area contributed by atoms with E-state index in [1.54, 1.807) is 0 Å². The molecule has 47 heavy (non-hydrogen) atoms. The number of unbranched alkanes of at least 4 members (excludes halogenated alkanes) is 14. The van der Waals surface area contributed by atoms with Gasteiger partial charge in [-0.25, -0.2) is 4.57 Å².